The second kappa shape index (κ2) is 4.77. The van der Waals surface area contributed by atoms with E-state index in [0.717, 1.165) is 13.1 Å². The zero-order valence-corrected chi connectivity index (χ0v) is 7.97. The summed E-state index contributed by atoms with van der Waals surface area (Å²) < 4.78 is 0. The molecule has 1 aromatic carbocycles. The van der Waals surface area contributed by atoms with Gasteiger partial charge in [0.25, 0.3) is 0 Å². The molecule has 0 radical (unpaired) electrons. The lowest BCUT2D eigenvalue weighted by atomic mass is 9.99. The number of nitrogens with one attached hydrogen (secondary N) is 1. The molecule has 1 N–H and O–H groups in total. The van der Waals surface area contributed by atoms with Crippen LogP contribution in [0.15, 0.2) is 18.2 Å². The summed E-state index contributed by atoms with van der Waals surface area (Å²) in [5.74, 6) is 0. The van der Waals surface area contributed by atoms with Gasteiger partial charge >= 0.3 is 0 Å². The van der Waals surface area contributed by atoms with E-state index >= 15 is 0 Å². The summed E-state index contributed by atoms with van der Waals surface area (Å²) in [7, 11) is 0. The van der Waals surface area contributed by atoms with E-state index < -0.39 is 0 Å². The van der Waals surface area contributed by atoms with Crippen LogP contribution in [-0.4, -0.2) is 13.3 Å². The van der Waals surface area contributed by atoms with Crippen LogP contribution in [0.25, 0.3) is 0 Å². The predicted octanol–water partition coefficient (Wildman–Crippen LogP) is 1.46. The molecule has 0 fully saturated rings. The van der Waals surface area contributed by atoms with Crippen molar-refractivity contribution in [1.29, 1.82) is 0 Å². The third kappa shape index (κ3) is 2.39. The molecule has 70 valence electrons. The van der Waals surface area contributed by atoms with Crippen LogP contribution >= 0.6 is 0 Å². The van der Waals surface area contributed by atoms with Crippen LogP contribution in [0, 0.1) is 6.92 Å². The fourth-order valence-corrected chi connectivity index (χ4v) is 1.61. The Labute approximate surface area is 79.0 Å². The van der Waals surface area contributed by atoms with Gasteiger partial charge in [-0.25, -0.2) is 0 Å². The second-order valence-electron chi connectivity index (χ2n) is 3.20. The Morgan fingerprint density at radius 1 is 1.31 bits per heavy atom. The van der Waals surface area contributed by atoms with Crippen LogP contribution in [0.3, 0.4) is 0 Å². The number of benzene rings is 1. The van der Waals surface area contributed by atoms with E-state index in [1.807, 2.05) is 6.79 Å². The molecule has 2 heteroatoms. The second-order valence-corrected chi connectivity index (χ2v) is 3.20. The third-order valence-electron chi connectivity index (χ3n) is 2.25. The highest BCUT2D eigenvalue weighted by Gasteiger charge is 2.06. The van der Waals surface area contributed by atoms with Crippen molar-refractivity contribution in [3.63, 3.8) is 0 Å². The summed E-state index contributed by atoms with van der Waals surface area (Å²) in [5, 5.41) is 3.37. The van der Waals surface area contributed by atoms with E-state index in [2.05, 4.69) is 30.4 Å². The molecule has 13 heavy (non-hydrogen) atoms. The maximum atomic E-state index is 8.00. The molecular formula is C11H15NO. The summed E-state index contributed by atoms with van der Waals surface area (Å²) in [5.41, 5.74) is 4.37. The van der Waals surface area contributed by atoms with E-state index in [4.69, 9.17) is 4.79 Å². The molecule has 0 aliphatic carbocycles. The number of carbonyl (C=O) groups is 1. The monoisotopic (exact) mass is 177 g/mol. The van der Waals surface area contributed by atoms with Crippen LogP contribution < -0.4 is 5.32 Å². The first-order valence-electron chi connectivity index (χ1n) is 4.44. The number of rotatable bonds is 0. The maximum absolute atomic E-state index is 8.00. The Morgan fingerprint density at radius 2 is 2.08 bits per heavy atom. The minimum Gasteiger partial charge on any atom is -0.312 e. The lowest BCUT2D eigenvalue weighted by Gasteiger charge is -2.16. The van der Waals surface area contributed by atoms with E-state index in [1.54, 1.807) is 0 Å². The molecule has 1 aliphatic rings. The highest BCUT2D eigenvalue weighted by Crippen LogP contribution is 2.14. The highest BCUT2D eigenvalue weighted by molar-refractivity contribution is 5.32. The molecule has 1 heterocycles. The highest BCUT2D eigenvalue weighted by atomic mass is 16.1. The Kier molecular flexibility index (Phi) is 3.65. The van der Waals surface area contributed by atoms with E-state index in [9.17, 15) is 0 Å². The third-order valence-corrected chi connectivity index (χ3v) is 2.25. The fourth-order valence-electron chi connectivity index (χ4n) is 1.61. The molecule has 0 saturated heterocycles. The molecule has 0 amide bonds. The van der Waals surface area contributed by atoms with Gasteiger partial charge in [-0.3, -0.25) is 0 Å². The number of carbonyl (C=O) groups excluding carboxylic acids is 1. The molecule has 0 aromatic heterocycles. The van der Waals surface area contributed by atoms with Gasteiger partial charge < -0.3 is 10.1 Å². The summed E-state index contributed by atoms with van der Waals surface area (Å²) in [6, 6.07) is 6.73. The van der Waals surface area contributed by atoms with Crippen LogP contribution in [0.5, 0.6) is 0 Å². The molecule has 0 spiro atoms. The lowest BCUT2D eigenvalue weighted by Crippen LogP contribution is -2.23. The van der Waals surface area contributed by atoms with Gasteiger partial charge in [-0.15, -0.1) is 0 Å². The smallest absolute Gasteiger partial charge is 0.106 e. The first kappa shape index (κ1) is 9.93. The first-order valence-corrected chi connectivity index (χ1v) is 4.44. The average Bonchev–Trinajstić information content (AvgIpc) is 2.21. The van der Waals surface area contributed by atoms with Gasteiger partial charge in [0.15, 0.2) is 0 Å². The molecule has 0 unspecified atom stereocenters. The van der Waals surface area contributed by atoms with Crippen molar-refractivity contribution in [2.45, 2.75) is 19.9 Å². The summed E-state index contributed by atoms with van der Waals surface area (Å²) in [4.78, 5) is 8.00. The molecule has 2 rings (SSSR count). The SMILES string of the molecule is C=O.Cc1ccc2c(c1)CNCC2. The Morgan fingerprint density at radius 3 is 2.85 bits per heavy atom. The average molecular weight is 177 g/mol. The van der Waals surface area contributed by atoms with Crippen molar-refractivity contribution in [2.24, 2.45) is 0 Å². The predicted molar refractivity (Wildman–Crippen MR) is 53.7 cm³/mol. The van der Waals surface area contributed by atoms with E-state index in [0.29, 0.717) is 0 Å². The van der Waals surface area contributed by atoms with Crippen molar-refractivity contribution in [3.8, 4) is 0 Å². The normalized spacial score (nSPS) is 13.9. The van der Waals surface area contributed by atoms with Crippen molar-refractivity contribution in [1.82, 2.24) is 5.32 Å². The fraction of sp³-hybridized carbons (Fsp3) is 0.364. The maximum Gasteiger partial charge on any atom is 0.106 e. The van der Waals surface area contributed by atoms with Crippen molar-refractivity contribution in [2.75, 3.05) is 6.54 Å². The van der Waals surface area contributed by atoms with Gasteiger partial charge in [0.1, 0.15) is 6.79 Å². The van der Waals surface area contributed by atoms with Gasteiger partial charge in [0.2, 0.25) is 0 Å². The van der Waals surface area contributed by atoms with Crippen LogP contribution in [0.1, 0.15) is 16.7 Å². The largest absolute Gasteiger partial charge is 0.312 e. The van der Waals surface area contributed by atoms with Gasteiger partial charge in [-0.2, -0.15) is 0 Å². The standard InChI is InChI=1S/C10H13N.CH2O/c1-8-2-3-9-4-5-11-7-10(9)6-8;1-2/h2-3,6,11H,4-5,7H2,1H3;1H2. The molecule has 2 nitrogen and oxygen atoms in total. The lowest BCUT2D eigenvalue weighted by molar-refractivity contribution is -0.0979. The van der Waals surface area contributed by atoms with Crippen LogP contribution in [-0.2, 0) is 17.8 Å². The van der Waals surface area contributed by atoms with Gasteiger partial charge in [-0.05, 0) is 31.0 Å². The Bertz CT molecular complexity index is 283. The number of hydrogen-bond donors (Lipinski definition) is 1. The van der Waals surface area contributed by atoms with Crippen molar-refractivity contribution in [3.05, 3.63) is 34.9 Å². The van der Waals surface area contributed by atoms with Crippen molar-refractivity contribution >= 4 is 6.79 Å². The topological polar surface area (TPSA) is 29.1 Å². The zero-order chi connectivity index (χ0) is 9.68. The molecule has 0 bridgehead atoms. The summed E-state index contributed by atoms with van der Waals surface area (Å²) >= 11 is 0. The van der Waals surface area contributed by atoms with Crippen molar-refractivity contribution < 1.29 is 4.79 Å². The van der Waals surface area contributed by atoms with E-state index in [1.165, 1.54) is 23.1 Å². The van der Waals surface area contributed by atoms with Gasteiger partial charge in [-0.1, -0.05) is 23.8 Å². The first-order chi connectivity index (χ1) is 6.36. The minimum atomic E-state index is 1.05. The number of aryl methyl sites for hydroxylation is 1. The Balaban J connectivity index is 0.000000396. The Hall–Kier alpha value is -1.15. The number of fused-ring (bicyclic) bond motifs is 1. The minimum absolute atomic E-state index is 1.05. The zero-order valence-electron chi connectivity index (χ0n) is 7.97. The van der Waals surface area contributed by atoms with Gasteiger partial charge in [0.05, 0.1) is 0 Å². The quantitative estimate of drug-likeness (QED) is 0.650. The van der Waals surface area contributed by atoms with Crippen LogP contribution in [0.4, 0.5) is 0 Å². The van der Waals surface area contributed by atoms with E-state index in [-0.39, 0.29) is 0 Å². The molecule has 0 saturated carbocycles. The number of hydrogen-bond acceptors (Lipinski definition) is 2. The molecule has 0 atom stereocenters. The molecule has 1 aromatic rings. The summed E-state index contributed by atoms with van der Waals surface area (Å²) in [6.07, 6.45) is 1.19. The molecular weight excluding hydrogens is 162 g/mol. The van der Waals surface area contributed by atoms with Gasteiger partial charge in [0, 0.05) is 6.54 Å². The molecule has 1 aliphatic heterocycles. The van der Waals surface area contributed by atoms with Crippen LogP contribution in [0.2, 0.25) is 0 Å². The summed E-state index contributed by atoms with van der Waals surface area (Å²) in [6.45, 7) is 6.34.